The zero-order valence-corrected chi connectivity index (χ0v) is 10.1. The van der Waals surface area contributed by atoms with Gasteiger partial charge in [0.05, 0.1) is 0 Å². The number of fused-ring (bicyclic) bond motifs is 1. The summed E-state index contributed by atoms with van der Waals surface area (Å²) in [6.45, 7) is 0.930. The quantitative estimate of drug-likeness (QED) is 0.313. The third kappa shape index (κ3) is 2.88. The molecule has 3 atom stereocenters. The molecule has 2 fully saturated rings. The number of hydroxylamine groups is 1. The molecule has 0 saturated carbocycles. The Morgan fingerprint density at radius 1 is 1.44 bits per heavy atom. The average Bonchev–Trinajstić information content (AvgIpc) is 2.87. The van der Waals surface area contributed by atoms with Crippen molar-refractivity contribution in [2.24, 2.45) is 0 Å². The highest BCUT2D eigenvalue weighted by molar-refractivity contribution is 8.00. The maximum Gasteiger partial charge on any atom is 0.243 e. The normalized spacial score (nSPS) is 32.7. The summed E-state index contributed by atoms with van der Waals surface area (Å²) in [6, 6.07) is 1.24. The fraction of sp³-hybridized carbons (Fsp3) is 0.900. The van der Waals surface area contributed by atoms with Crippen LogP contribution in [0, 0.1) is 0 Å². The van der Waals surface area contributed by atoms with Crippen molar-refractivity contribution in [3.63, 3.8) is 0 Å². The van der Waals surface area contributed by atoms with Crippen molar-refractivity contribution in [1.29, 1.82) is 0 Å². The van der Waals surface area contributed by atoms with Crippen molar-refractivity contribution in [2.75, 3.05) is 12.4 Å². The maximum absolute atomic E-state index is 10.8. The highest BCUT2D eigenvalue weighted by Crippen LogP contribution is 2.32. The molecule has 2 aliphatic heterocycles. The topological polar surface area (TPSA) is 73.4 Å². The largest absolute Gasteiger partial charge is 0.299 e. The molecule has 2 saturated heterocycles. The number of carbonyl (C=O) groups is 1. The molecular weight excluding hydrogens is 226 g/mol. The first-order chi connectivity index (χ1) is 7.81. The molecule has 2 heterocycles. The van der Waals surface area contributed by atoms with Gasteiger partial charge >= 0.3 is 0 Å². The van der Waals surface area contributed by atoms with Crippen LogP contribution >= 0.6 is 11.8 Å². The molecule has 5 nitrogen and oxygen atoms in total. The number of thioether (sulfide) groups is 1. The van der Waals surface area contributed by atoms with E-state index in [0.29, 0.717) is 23.8 Å². The van der Waals surface area contributed by atoms with Crippen molar-refractivity contribution in [1.82, 2.24) is 16.1 Å². The summed E-state index contributed by atoms with van der Waals surface area (Å²) in [4.78, 5) is 10.8. The Bertz CT molecular complexity index is 252. The smallest absolute Gasteiger partial charge is 0.243 e. The number of rotatable bonds is 5. The third-order valence-electron chi connectivity index (χ3n) is 3.29. The Balaban J connectivity index is 1.61. The summed E-state index contributed by atoms with van der Waals surface area (Å²) in [5, 5.41) is 15.9. The van der Waals surface area contributed by atoms with Gasteiger partial charge in [-0.25, -0.2) is 5.48 Å². The van der Waals surface area contributed by atoms with E-state index in [0.717, 1.165) is 25.9 Å². The molecule has 0 radical (unpaired) electrons. The van der Waals surface area contributed by atoms with Crippen molar-refractivity contribution < 1.29 is 10.0 Å². The molecule has 1 amide bonds. The Morgan fingerprint density at radius 3 is 3.12 bits per heavy atom. The van der Waals surface area contributed by atoms with E-state index in [1.165, 1.54) is 5.75 Å². The molecule has 0 aromatic heterocycles. The van der Waals surface area contributed by atoms with Crippen molar-refractivity contribution >= 4 is 17.7 Å². The van der Waals surface area contributed by atoms with Gasteiger partial charge in [-0.15, -0.1) is 0 Å². The van der Waals surface area contributed by atoms with Crippen LogP contribution in [-0.2, 0) is 4.79 Å². The first-order valence-corrected chi connectivity index (χ1v) is 6.87. The number of hydrogen-bond donors (Lipinski definition) is 4. The molecule has 0 aromatic rings. The highest BCUT2D eigenvalue weighted by Gasteiger charge is 2.38. The van der Waals surface area contributed by atoms with Gasteiger partial charge in [0.1, 0.15) is 0 Å². The number of nitrogens with one attached hydrogen (secondary N) is 3. The van der Waals surface area contributed by atoms with Gasteiger partial charge in [-0.2, -0.15) is 11.8 Å². The van der Waals surface area contributed by atoms with Crippen molar-refractivity contribution in [3.8, 4) is 0 Å². The van der Waals surface area contributed by atoms with Gasteiger partial charge in [0.25, 0.3) is 0 Å². The van der Waals surface area contributed by atoms with E-state index in [4.69, 9.17) is 5.21 Å². The zero-order chi connectivity index (χ0) is 11.4. The summed E-state index contributed by atoms with van der Waals surface area (Å²) < 4.78 is 0. The van der Waals surface area contributed by atoms with Gasteiger partial charge < -0.3 is 0 Å². The Morgan fingerprint density at radius 2 is 2.31 bits per heavy atom. The van der Waals surface area contributed by atoms with Crippen LogP contribution in [-0.4, -0.2) is 40.9 Å². The molecule has 4 N–H and O–H groups in total. The van der Waals surface area contributed by atoms with E-state index in [1.807, 2.05) is 11.8 Å². The Hall–Kier alpha value is -0.300. The molecule has 2 rings (SSSR count). The van der Waals surface area contributed by atoms with Crippen LogP contribution in [0.4, 0.5) is 0 Å². The molecule has 0 spiro atoms. The first-order valence-electron chi connectivity index (χ1n) is 5.82. The van der Waals surface area contributed by atoms with Gasteiger partial charge in [-0.1, -0.05) is 6.42 Å². The highest BCUT2D eigenvalue weighted by atomic mass is 32.2. The second-order valence-corrected chi connectivity index (χ2v) is 5.64. The lowest BCUT2D eigenvalue weighted by molar-refractivity contribution is -0.129. The van der Waals surface area contributed by atoms with Crippen molar-refractivity contribution in [2.45, 2.75) is 43.0 Å². The lowest BCUT2D eigenvalue weighted by Gasteiger charge is -2.16. The monoisotopic (exact) mass is 245 g/mol. The lowest BCUT2D eigenvalue weighted by atomic mass is 10.0. The standard InChI is InChI=1S/C10H19N3O2S/c14-9(13-15)4-2-1-3-8-10-7(5-16-8)11-6-12-10/h7-8,10-12,15H,1-6H2,(H,13,14)/t7-,8-,10-/m0/s1. The SMILES string of the molecule is O=C(CCCC[C@@H]1SC[C@@H]2NCN[C@@H]21)NO. The van der Waals surface area contributed by atoms with Crippen LogP contribution in [0.5, 0.6) is 0 Å². The second kappa shape index (κ2) is 5.86. The van der Waals surface area contributed by atoms with E-state index >= 15 is 0 Å². The van der Waals surface area contributed by atoms with Crippen LogP contribution in [0.15, 0.2) is 0 Å². The van der Waals surface area contributed by atoms with Crippen LogP contribution in [0.2, 0.25) is 0 Å². The van der Waals surface area contributed by atoms with E-state index in [-0.39, 0.29) is 5.91 Å². The molecule has 92 valence electrons. The van der Waals surface area contributed by atoms with E-state index < -0.39 is 0 Å². The third-order valence-corrected chi connectivity index (χ3v) is 4.80. The van der Waals surface area contributed by atoms with E-state index in [9.17, 15) is 4.79 Å². The Kier molecular flexibility index (Phi) is 4.45. The van der Waals surface area contributed by atoms with Gasteiger partial charge in [0.15, 0.2) is 0 Å². The van der Waals surface area contributed by atoms with Crippen molar-refractivity contribution in [3.05, 3.63) is 0 Å². The number of amides is 1. The minimum Gasteiger partial charge on any atom is -0.299 e. The minimum absolute atomic E-state index is 0.280. The van der Waals surface area contributed by atoms with Crippen LogP contribution in [0.3, 0.4) is 0 Å². The maximum atomic E-state index is 10.8. The van der Waals surface area contributed by atoms with E-state index in [2.05, 4.69) is 10.6 Å². The average molecular weight is 245 g/mol. The molecule has 2 aliphatic rings. The zero-order valence-electron chi connectivity index (χ0n) is 9.24. The summed E-state index contributed by atoms with van der Waals surface area (Å²) in [5.74, 6) is 0.914. The van der Waals surface area contributed by atoms with E-state index in [1.54, 1.807) is 5.48 Å². The summed E-state index contributed by atoms with van der Waals surface area (Å²) in [7, 11) is 0. The molecule has 0 bridgehead atoms. The fourth-order valence-electron chi connectivity index (χ4n) is 2.41. The molecule has 6 heteroatoms. The van der Waals surface area contributed by atoms with Gasteiger partial charge in [-0.3, -0.25) is 20.6 Å². The number of unbranched alkanes of at least 4 members (excludes halogenated alkanes) is 1. The molecular formula is C10H19N3O2S. The Labute approximate surface area is 99.7 Å². The van der Waals surface area contributed by atoms with Gasteiger partial charge in [-0.05, 0) is 12.8 Å². The first kappa shape index (κ1) is 12.2. The van der Waals surface area contributed by atoms with Gasteiger partial charge in [0, 0.05) is 36.2 Å². The number of carbonyl (C=O) groups excluding carboxylic acids is 1. The summed E-state index contributed by atoms with van der Waals surface area (Å²) in [5.41, 5.74) is 1.66. The molecule has 16 heavy (non-hydrogen) atoms. The summed E-state index contributed by atoms with van der Waals surface area (Å²) in [6.07, 6.45) is 3.48. The predicted molar refractivity (Wildman–Crippen MR) is 63.4 cm³/mol. The summed E-state index contributed by atoms with van der Waals surface area (Å²) >= 11 is 2.02. The fourth-order valence-corrected chi connectivity index (χ4v) is 4.02. The second-order valence-electron chi connectivity index (χ2n) is 4.37. The predicted octanol–water partition coefficient (Wildman–Crippen LogP) is 0.0551. The van der Waals surface area contributed by atoms with Crippen LogP contribution in [0.1, 0.15) is 25.7 Å². The number of hydrogen-bond acceptors (Lipinski definition) is 5. The van der Waals surface area contributed by atoms with Gasteiger partial charge in [0.2, 0.25) is 5.91 Å². The van der Waals surface area contributed by atoms with Crippen LogP contribution in [0.25, 0.3) is 0 Å². The molecule has 0 aliphatic carbocycles. The molecule has 0 unspecified atom stereocenters. The van der Waals surface area contributed by atoms with Crippen LogP contribution < -0.4 is 16.1 Å². The lowest BCUT2D eigenvalue weighted by Crippen LogP contribution is -2.36. The minimum atomic E-state index is -0.280. The molecule has 0 aromatic carbocycles.